The topological polar surface area (TPSA) is 104 Å². The molecular weight excluding hydrogens is 493 g/mol. The largest absolute Gasteiger partial charge is 0.493 e. The molecule has 1 aliphatic heterocycles. The van der Waals surface area contributed by atoms with Crippen molar-refractivity contribution in [2.75, 3.05) is 26.8 Å². The zero-order valence-corrected chi connectivity index (χ0v) is 22.0. The first-order chi connectivity index (χ1) is 18.0. The van der Waals surface area contributed by atoms with Crippen molar-refractivity contribution in [3.05, 3.63) is 69.7 Å². The summed E-state index contributed by atoms with van der Waals surface area (Å²) in [5.74, 6) is 0.543. The predicted octanol–water partition coefficient (Wildman–Crippen LogP) is 5.91. The number of pyridine rings is 1. The lowest BCUT2D eigenvalue weighted by molar-refractivity contribution is -0.385. The van der Waals surface area contributed by atoms with E-state index in [0.29, 0.717) is 42.3 Å². The summed E-state index contributed by atoms with van der Waals surface area (Å²) in [6.45, 7) is 7.16. The van der Waals surface area contributed by atoms with Gasteiger partial charge < -0.3 is 19.1 Å². The Balaban J connectivity index is 1.50. The van der Waals surface area contributed by atoms with Gasteiger partial charge in [-0.25, -0.2) is 9.18 Å². The minimum Gasteiger partial charge on any atom is -0.493 e. The molecule has 0 spiro atoms. The third-order valence-corrected chi connectivity index (χ3v) is 6.39. The zero-order valence-electron chi connectivity index (χ0n) is 22.0. The van der Waals surface area contributed by atoms with Crippen LogP contribution in [0.3, 0.4) is 0 Å². The standard InChI is InChI=1S/C28H32FN3O6/c1-28(2,3)38-27(33)31-11-5-6-18(16-31)17-37-26-15-24-22(14-25(26)36-4)19(9-10-30-24)12-20-7-8-21(32(34)35)13-23(20)29/h7-10,13-15,18H,5-6,11-12,16-17H2,1-4H3. The lowest BCUT2D eigenvalue weighted by atomic mass is 9.99. The first-order valence-electron chi connectivity index (χ1n) is 12.5. The number of carbonyl (C=O) groups is 1. The summed E-state index contributed by atoms with van der Waals surface area (Å²) in [5, 5.41) is 11.7. The Hall–Kier alpha value is -3.95. The van der Waals surface area contributed by atoms with E-state index in [1.807, 2.05) is 26.8 Å². The van der Waals surface area contributed by atoms with Crippen molar-refractivity contribution in [1.82, 2.24) is 9.88 Å². The van der Waals surface area contributed by atoms with Crippen LogP contribution in [0.25, 0.3) is 10.9 Å². The molecule has 10 heteroatoms. The Labute approximate surface area is 220 Å². The van der Waals surface area contributed by atoms with Gasteiger partial charge in [-0.2, -0.15) is 0 Å². The number of halogens is 1. The van der Waals surface area contributed by atoms with E-state index in [4.69, 9.17) is 14.2 Å². The van der Waals surface area contributed by atoms with Gasteiger partial charge in [0, 0.05) is 49.1 Å². The van der Waals surface area contributed by atoms with Crippen molar-refractivity contribution >= 4 is 22.7 Å². The molecule has 2 heterocycles. The van der Waals surface area contributed by atoms with Crippen LogP contribution in [0.4, 0.5) is 14.9 Å². The van der Waals surface area contributed by atoms with Gasteiger partial charge in [0.15, 0.2) is 11.5 Å². The quantitative estimate of drug-likeness (QED) is 0.279. The van der Waals surface area contributed by atoms with Gasteiger partial charge >= 0.3 is 6.09 Å². The van der Waals surface area contributed by atoms with Crippen LogP contribution in [0.15, 0.2) is 42.6 Å². The van der Waals surface area contributed by atoms with E-state index >= 15 is 0 Å². The maximum atomic E-state index is 14.5. The highest BCUT2D eigenvalue weighted by Gasteiger charge is 2.28. The highest BCUT2D eigenvalue weighted by molar-refractivity contribution is 5.86. The van der Waals surface area contributed by atoms with E-state index in [1.54, 1.807) is 30.3 Å². The molecule has 3 aromatic rings. The predicted molar refractivity (Wildman–Crippen MR) is 140 cm³/mol. The molecule has 9 nitrogen and oxygen atoms in total. The lowest BCUT2D eigenvalue weighted by Gasteiger charge is -2.34. The summed E-state index contributed by atoms with van der Waals surface area (Å²) in [5.41, 5.74) is 0.956. The Morgan fingerprint density at radius 3 is 2.66 bits per heavy atom. The molecule has 1 amide bonds. The minimum absolute atomic E-state index is 0.140. The number of amides is 1. The van der Waals surface area contributed by atoms with Gasteiger partial charge in [-0.3, -0.25) is 15.1 Å². The van der Waals surface area contributed by atoms with Gasteiger partial charge in [-0.1, -0.05) is 0 Å². The molecule has 202 valence electrons. The zero-order chi connectivity index (χ0) is 27.4. The molecule has 1 saturated heterocycles. The second kappa shape index (κ2) is 11.2. The fourth-order valence-corrected chi connectivity index (χ4v) is 4.54. The van der Waals surface area contributed by atoms with Crippen LogP contribution in [0, 0.1) is 21.8 Å². The fourth-order valence-electron chi connectivity index (χ4n) is 4.54. The monoisotopic (exact) mass is 525 g/mol. The van der Waals surface area contributed by atoms with Gasteiger partial charge in [0.25, 0.3) is 5.69 Å². The summed E-state index contributed by atoms with van der Waals surface area (Å²) in [4.78, 5) is 29.0. The molecule has 1 unspecified atom stereocenters. The number of methoxy groups -OCH3 is 1. The van der Waals surface area contributed by atoms with Gasteiger partial charge in [0.2, 0.25) is 0 Å². The summed E-state index contributed by atoms with van der Waals surface area (Å²) in [6, 6.07) is 9.04. The van der Waals surface area contributed by atoms with Crippen LogP contribution < -0.4 is 9.47 Å². The van der Waals surface area contributed by atoms with Crippen molar-refractivity contribution in [1.29, 1.82) is 0 Å². The molecule has 0 bridgehead atoms. The van der Waals surface area contributed by atoms with Gasteiger partial charge in [0.05, 0.1) is 30.2 Å². The fraction of sp³-hybridized carbons (Fsp3) is 0.429. The Bertz CT molecular complexity index is 1340. The van der Waals surface area contributed by atoms with E-state index in [0.717, 1.165) is 29.9 Å². The molecule has 0 N–H and O–H groups in total. The number of nitrogens with zero attached hydrogens (tertiary/aromatic N) is 3. The molecule has 2 aromatic carbocycles. The normalized spacial score (nSPS) is 15.8. The highest BCUT2D eigenvalue weighted by atomic mass is 19.1. The third kappa shape index (κ3) is 6.48. The van der Waals surface area contributed by atoms with E-state index in [2.05, 4.69) is 4.98 Å². The average molecular weight is 526 g/mol. The lowest BCUT2D eigenvalue weighted by Crippen LogP contribution is -2.44. The number of hydrogen-bond acceptors (Lipinski definition) is 7. The molecule has 1 fully saturated rings. The van der Waals surface area contributed by atoms with Crippen molar-refractivity contribution in [2.24, 2.45) is 5.92 Å². The molecule has 38 heavy (non-hydrogen) atoms. The highest BCUT2D eigenvalue weighted by Crippen LogP contribution is 2.35. The molecule has 0 saturated carbocycles. The summed E-state index contributed by atoms with van der Waals surface area (Å²) in [7, 11) is 1.55. The number of nitro benzene ring substituents is 1. The Morgan fingerprint density at radius 1 is 1.18 bits per heavy atom. The molecule has 1 atom stereocenters. The molecule has 4 rings (SSSR count). The van der Waals surface area contributed by atoms with Crippen LogP contribution in [0.2, 0.25) is 0 Å². The van der Waals surface area contributed by atoms with Crippen molar-refractivity contribution in [3.8, 4) is 11.5 Å². The first-order valence-corrected chi connectivity index (χ1v) is 12.5. The maximum absolute atomic E-state index is 14.5. The summed E-state index contributed by atoms with van der Waals surface area (Å²) >= 11 is 0. The van der Waals surface area contributed by atoms with Crippen LogP contribution in [0.5, 0.6) is 11.5 Å². The second-order valence-electron chi connectivity index (χ2n) is 10.4. The van der Waals surface area contributed by atoms with Gasteiger partial charge in [0.1, 0.15) is 11.4 Å². The Morgan fingerprint density at radius 2 is 1.97 bits per heavy atom. The number of hydrogen-bond donors (Lipinski definition) is 0. The number of nitro groups is 1. The first kappa shape index (κ1) is 27.1. The van der Waals surface area contributed by atoms with Crippen LogP contribution in [0.1, 0.15) is 44.7 Å². The van der Waals surface area contributed by atoms with Crippen molar-refractivity contribution in [3.63, 3.8) is 0 Å². The second-order valence-corrected chi connectivity index (χ2v) is 10.4. The van der Waals surface area contributed by atoms with Crippen molar-refractivity contribution in [2.45, 2.75) is 45.6 Å². The molecule has 1 aromatic heterocycles. The summed E-state index contributed by atoms with van der Waals surface area (Å²) in [6.07, 6.45) is 3.35. The van der Waals surface area contributed by atoms with E-state index in [9.17, 15) is 19.3 Å². The molecule has 0 aliphatic carbocycles. The maximum Gasteiger partial charge on any atom is 0.410 e. The van der Waals surface area contributed by atoms with Crippen LogP contribution in [-0.2, 0) is 11.2 Å². The average Bonchev–Trinajstić information content (AvgIpc) is 2.87. The number of ether oxygens (including phenoxy) is 3. The number of fused-ring (bicyclic) bond motifs is 1. The van der Waals surface area contributed by atoms with E-state index in [1.165, 1.54) is 12.1 Å². The molecule has 1 aliphatic rings. The van der Waals surface area contributed by atoms with E-state index in [-0.39, 0.29) is 24.1 Å². The van der Waals surface area contributed by atoms with Gasteiger partial charge in [-0.05, 0) is 62.9 Å². The molecule has 0 radical (unpaired) electrons. The number of rotatable bonds is 7. The minimum atomic E-state index is -0.635. The number of likely N-dealkylation sites (tertiary alicyclic amines) is 1. The summed E-state index contributed by atoms with van der Waals surface area (Å²) < 4.78 is 31.8. The molecular formula is C28H32FN3O6. The number of piperidine rings is 1. The van der Waals surface area contributed by atoms with Crippen molar-refractivity contribution < 1.29 is 28.3 Å². The van der Waals surface area contributed by atoms with E-state index < -0.39 is 16.3 Å². The Kier molecular flexibility index (Phi) is 7.99. The number of aromatic nitrogens is 1. The number of non-ortho nitro benzene ring substituents is 1. The smallest absolute Gasteiger partial charge is 0.410 e. The number of benzene rings is 2. The third-order valence-electron chi connectivity index (χ3n) is 6.39. The SMILES string of the molecule is COc1cc2c(Cc3ccc([N+](=O)[O-])cc3F)ccnc2cc1OCC1CCCN(C(=O)OC(C)(C)C)C1. The van der Waals surface area contributed by atoms with Crippen LogP contribution in [-0.4, -0.2) is 53.3 Å². The van der Waals surface area contributed by atoms with Gasteiger partial charge in [-0.15, -0.1) is 0 Å². The van der Waals surface area contributed by atoms with Crippen LogP contribution >= 0.6 is 0 Å². The number of carbonyl (C=O) groups excluding carboxylic acids is 1.